The van der Waals surface area contributed by atoms with Crippen molar-refractivity contribution < 1.29 is 18.4 Å². The fourth-order valence-electron chi connectivity index (χ4n) is 5.83. The number of pyridine rings is 2. The Hall–Kier alpha value is -6.30. The zero-order valence-corrected chi connectivity index (χ0v) is 25.2. The molecule has 4 aromatic heterocycles. The summed E-state index contributed by atoms with van der Waals surface area (Å²) in [6.07, 6.45) is 9.83. The zero-order chi connectivity index (χ0) is 33.3. The van der Waals surface area contributed by atoms with Gasteiger partial charge in [-0.2, -0.15) is 0 Å². The number of nitrogens with zero attached hydrogens (tertiary/aromatic N) is 6. The van der Waals surface area contributed by atoms with Crippen LogP contribution < -0.4 is 11.1 Å². The second-order valence-corrected chi connectivity index (χ2v) is 11.4. The third-order valence-electron chi connectivity index (χ3n) is 8.31. The SMILES string of the molecule is NC(=O)C(c1cnc(-c2ccncc2)c(-c2cccc(F)c2)n1)C1(C(=O)Nc2cnc(-c3ccncc3)c(-c3ccccc3F)n2)CC1. The number of halogens is 2. The van der Waals surface area contributed by atoms with Gasteiger partial charge in [-0.05, 0) is 61.4 Å². The Morgan fingerprint density at radius 2 is 1.38 bits per heavy atom. The van der Waals surface area contributed by atoms with Crippen molar-refractivity contribution in [3.8, 4) is 45.0 Å². The van der Waals surface area contributed by atoms with Gasteiger partial charge in [0, 0.05) is 47.0 Å². The molecule has 0 aliphatic heterocycles. The molecule has 236 valence electrons. The van der Waals surface area contributed by atoms with Crippen LogP contribution in [0.1, 0.15) is 24.5 Å². The van der Waals surface area contributed by atoms with Crippen molar-refractivity contribution in [2.24, 2.45) is 11.1 Å². The van der Waals surface area contributed by atoms with Crippen LogP contribution in [-0.4, -0.2) is 41.7 Å². The minimum Gasteiger partial charge on any atom is -0.369 e. The number of nitrogens with two attached hydrogens (primary N) is 1. The van der Waals surface area contributed by atoms with Crippen LogP contribution in [0.15, 0.2) is 110 Å². The molecule has 12 heteroatoms. The monoisotopic (exact) mass is 640 g/mol. The number of carbonyl (C=O) groups excluding carboxylic acids is 2. The second kappa shape index (κ2) is 12.5. The maximum absolute atomic E-state index is 15.0. The number of amides is 2. The number of benzene rings is 2. The highest BCUT2D eigenvalue weighted by Crippen LogP contribution is 2.56. The van der Waals surface area contributed by atoms with Crippen molar-refractivity contribution in [2.45, 2.75) is 18.8 Å². The van der Waals surface area contributed by atoms with E-state index < -0.39 is 34.8 Å². The van der Waals surface area contributed by atoms with E-state index in [1.165, 1.54) is 30.6 Å². The molecule has 3 N–H and O–H groups in total. The summed E-state index contributed by atoms with van der Waals surface area (Å²) in [4.78, 5) is 53.7. The summed E-state index contributed by atoms with van der Waals surface area (Å²) in [7, 11) is 0. The number of rotatable bonds is 9. The molecule has 1 saturated carbocycles. The van der Waals surface area contributed by atoms with Gasteiger partial charge in [-0.15, -0.1) is 0 Å². The van der Waals surface area contributed by atoms with E-state index in [1.807, 2.05) is 0 Å². The molecule has 2 amide bonds. The average molecular weight is 641 g/mol. The Labute approximate surface area is 273 Å². The normalized spacial score (nSPS) is 13.8. The molecule has 6 aromatic rings. The van der Waals surface area contributed by atoms with Crippen LogP contribution in [0.5, 0.6) is 0 Å². The quantitative estimate of drug-likeness (QED) is 0.196. The summed E-state index contributed by atoms with van der Waals surface area (Å²) in [6.45, 7) is 0. The van der Waals surface area contributed by atoms with Gasteiger partial charge in [0.05, 0.1) is 46.5 Å². The standard InChI is InChI=1S/C36H26F2N8O2/c37-24-5-3-4-23(18-24)32-30(21-8-14-40-15-9-21)42-19-27(44-32)29(34(39)47)36(12-13-36)35(48)46-28-20-43-31(22-10-16-41-17-11-22)33(45-28)25-6-1-2-7-26(25)38/h1-11,14-20,29H,12-13H2,(H2,39,47)(H,45,46,48). The van der Waals surface area contributed by atoms with E-state index in [0.29, 0.717) is 46.6 Å². The average Bonchev–Trinajstić information content (AvgIpc) is 3.91. The Kier molecular flexibility index (Phi) is 7.89. The van der Waals surface area contributed by atoms with Crippen LogP contribution in [0.25, 0.3) is 45.0 Å². The van der Waals surface area contributed by atoms with Crippen molar-refractivity contribution in [2.75, 3.05) is 5.32 Å². The minimum absolute atomic E-state index is 0.0603. The first-order valence-corrected chi connectivity index (χ1v) is 15.0. The number of anilines is 1. The number of hydrogen-bond donors (Lipinski definition) is 2. The molecule has 1 atom stereocenters. The number of primary amides is 1. The van der Waals surface area contributed by atoms with Gasteiger partial charge in [0.25, 0.3) is 0 Å². The van der Waals surface area contributed by atoms with Gasteiger partial charge in [0.1, 0.15) is 17.3 Å². The molecule has 1 aliphatic carbocycles. The lowest BCUT2D eigenvalue weighted by Gasteiger charge is -2.24. The summed E-state index contributed by atoms with van der Waals surface area (Å²) in [5.41, 5.74) is 8.18. The molecule has 10 nitrogen and oxygen atoms in total. The van der Waals surface area contributed by atoms with Gasteiger partial charge in [-0.3, -0.25) is 29.5 Å². The first-order valence-electron chi connectivity index (χ1n) is 15.0. The molecule has 1 aliphatic rings. The van der Waals surface area contributed by atoms with Crippen LogP contribution in [0.3, 0.4) is 0 Å². The summed E-state index contributed by atoms with van der Waals surface area (Å²) < 4.78 is 29.4. The summed E-state index contributed by atoms with van der Waals surface area (Å²) >= 11 is 0. The highest BCUT2D eigenvalue weighted by Gasteiger charge is 2.59. The molecule has 1 unspecified atom stereocenters. The van der Waals surface area contributed by atoms with Gasteiger partial charge in [-0.25, -0.2) is 18.7 Å². The number of aromatic nitrogens is 6. The minimum atomic E-state index is -1.26. The first-order chi connectivity index (χ1) is 23.3. The molecule has 0 spiro atoms. The fourth-order valence-corrected chi connectivity index (χ4v) is 5.83. The second-order valence-electron chi connectivity index (χ2n) is 11.4. The van der Waals surface area contributed by atoms with Gasteiger partial charge in [0.15, 0.2) is 5.82 Å². The molecular formula is C36H26F2N8O2. The summed E-state index contributed by atoms with van der Waals surface area (Å²) in [6, 6.07) is 18.9. The Balaban J connectivity index is 1.26. The van der Waals surface area contributed by atoms with Gasteiger partial charge in [0.2, 0.25) is 11.8 Å². The molecular weight excluding hydrogens is 614 g/mol. The van der Waals surface area contributed by atoms with Crippen LogP contribution in [0, 0.1) is 17.0 Å². The zero-order valence-electron chi connectivity index (χ0n) is 25.2. The van der Waals surface area contributed by atoms with Gasteiger partial charge >= 0.3 is 0 Å². The van der Waals surface area contributed by atoms with Crippen molar-refractivity contribution in [3.63, 3.8) is 0 Å². The van der Waals surface area contributed by atoms with E-state index in [9.17, 15) is 14.0 Å². The van der Waals surface area contributed by atoms with Crippen LogP contribution in [0.4, 0.5) is 14.6 Å². The fraction of sp³-hybridized carbons (Fsp3) is 0.111. The van der Waals surface area contributed by atoms with Crippen molar-refractivity contribution in [3.05, 3.63) is 127 Å². The molecule has 2 aromatic carbocycles. The van der Waals surface area contributed by atoms with Crippen molar-refractivity contribution in [1.82, 2.24) is 29.9 Å². The Morgan fingerprint density at radius 3 is 2.00 bits per heavy atom. The molecule has 48 heavy (non-hydrogen) atoms. The van der Waals surface area contributed by atoms with E-state index in [2.05, 4.69) is 30.2 Å². The van der Waals surface area contributed by atoms with Crippen LogP contribution in [-0.2, 0) is 9.59 Å². The van der Waals surface area contributed by atoms with Crippen LogP contribution in [0.2, 0.25) is 0 Å². The highest BCUT2D eigenvalue weighted by molar-refractivity contribution is 6.02. The molecule has 0 bridgehead atoms. The molecule has 4 heterocycles. The predicted molar refractivity (Wildman–Crippen MR) is 174 cm³/mol. The molecule has 1 fully saturated rings. The van der Waals surface area contributed by atoms with E-state index in [0.717, 1.165) is 0 Å². The Morgan fingerprint density at radius 1 is 0.729 bits per heavy atom. The third-order valence-corrected chi connectivity index (χ3v) is 8.31. The van der Waals surface area contributed by atoms with Crippen molar-refractivity contribution >= 4 is 17.6 Å². The first kappa shape index (κ1) is 30.4. The van der Waals surface area contributed by atoms with Gasteiger partial charge in [-0.1, -0.05) is 24.3 Å². The lowest BCUT2D eigenvalue weighted by Crippen LogP contribution is -2.38. The number of nitrogens with one attached hydrogen (secondary N) is 1. The maximum Gasteiger partial charge on any atom is 0.232 e. The lowest BCUT2D eigenvalue weighted by molar-refractivity contribution is -0.128. The largest absolute Gasteiger partial charge is 0.369 e. The van der Waals surface area contributed by atoms with Crippen LogP contribution >= 0.6 is 0 Å². The Bertz CT molecular complexity index is 2160. The summed E-state index contributed by atoms with van der Waals surface area (Å²) in [5.74, 6) is -3.39. The van der Waals surface area contributed by atoms with E-state index in [4.69, 9.17) is 10.7 Å². The highest BCUT2D eigenvalue weighted by atomic mass is 19.1. The molecule has 0 radical (unpaired) electrons. The van der Waals surface area contributed by atoms with E-state index in [1.54, 1.807) is 79.4 Å². The van der Waals surface area contributed by atoms with Gasteiger partial charge < -0.3 is 11.1 Å². The predicted octanol–water partition coefficient (Wildman–Crippen LogP) is 5.99. The number of carbonyl (C=O) groups is 2. The van der Waals surface area contributed by atoms with Crippen molar-refractivity contribution in [1.29, 1.82) is 0 Å². The molecule has 0 saturated heterocycles. The maximum atomic E-state index is 15.0. The number of hydrogen-bond acceptors (Lipinski definition) is 8. The topological polar surface area (TPSA) is 150 Å². The lowest BCUT2D eigenvalue weighted by atomic mass is 9.84. The van der Waals surface area contributed by atoms with E-state index in [-0.39, 0.29) is 22.8 Å². The van der Waals surface area contributed by atoms with E-state index >= 15 is 4.39 Å². The third kappa shape index (κ3) is 5.75. The summed E-state index contributed by atoms with van der Waals surface area (Å²) in [5, 5.41) is 2.79. The molecule has 7 rings (SSSR count). The smallest absolute Gasteiger partial charge is 0.232 e.